The molecule has 6 nitrogen and oxygen atoms in total. The van der Waals surface area contributed by atoms with Crippen molar-refractivity contribution < 1.29 is 24.2 Å². The number of carbonyl (C=O) groups is 3. The maximum absolute atomic E-state index is 12.5. The molecule has 0 bridgehead atoms. The van der Waals surface area contributed by atoms with E-state index < -0.39 is 5.97 Å². The smallest absolute Gasteiger partial charge is 0.322 e. The van der Waals surface area contributed by atoms with Gasteiger partial charge in [-0.3, -0.25) is 14.4 Å². The van der Waals surface area contributed by atoms with E-state index in [9.17, 15) is 14.4 Å². The Bertz CT molecular complexity index is 638. The van der Waals surface area contributed by atoms with Crippen LogP contribution in [0.5, 0.6) is 0 Å². The topological polar surface area (TPSA) is 92.7 Å². The average molecular weight is 610 g/mol. The molecule has 254 valence electrons. The van der Waals surface area contributed by atoms with Crippen LogP contribution in [0.25, 0.3) is 0 Å². The van der Waals surface area contributed by atoms with Crippen molar-refractivity contribution in [1.82, 2.24) is 5.32 Å². The van der Waals surface area contributed by atoms with E-state index in [4.69, 9.17) is 9.84 Å². The zero-order chi connectivity index (χ0) is 31.6. The second-order valence-electron chi connectivity index (χ2n) is 12.8. The molecule has 0 fully saturated rings. The second-order valence-corrected chi connectivity index (χ2v) is 12.8. The maximum atomic E-state index is 12.5. The molecule has 43 heavy (non-hydrogen) atoms. The Kier molecular flexibility index (Phi) is 32.1. The minimum atomic E-state index is -1.03. The molecule has 1 atom stereocenters. The first kappa shape index (κ1) is 41.4. The molecule has 0 aromatic heterocycles. The van der Waals surface area contributed by atoms with Gasteiger partial charge in [0.25, 0.3) is 0 Å². The molecule has 0 heterocycles. The first-order chi connectivity index (χ1) is 21.0. The van der Waals surface area contributed by atoms with Gasteiger partial charge in [0, 0.05) is 12.8 Å². The predicted octanol–water partition coefficient (Wildman–Crippen LogP) is 10.8. The van der Waals surface area contributed by atoms with Crippen molar-refractivity contribution in [3.05, 3.63) is 0 Å². The Balaban J connectivity index is 3.74. The van der Waals surface area contributed by atoms with Gasteiger partial charge in [-0.2, -0.15) is 0 Å². The van der Waals surface area contributed by atoms with Crippen LogP contribution in [0, 0.1) is 0 Å². The van der Waals surface area contributed by atoms with Crippen LogP contribution >= 0.6 is 0 Å². The minimum Gasteiger partial charge on any atom is -0.480 e. The molecule has 0 aliphatic carbocycles. The zero-order valence-corrected chi connectivity index (χ0v) is 28.6. The van der Waals surface area contributed by atoms with Gasteiger partial charge in [-0.15, -0.1) is 0 Å². The molecule has 1 amide bonds. The fourth-order valence-corrected chi connectivity index (χ4v) is 5.75. The van der Waals surface area contributed by atoms with E-state index in [1.807, 2.05) is 0 Å². The monoisotopic (exact) mass is 610 g/mol. The highest BCUT2D eigenvalue weighted by atomic mass is 16.5. The van der Waals surface area contributed by atoms with Crippen molar-refractivity contribution in [2.24, 2.45) is 0 Å². The van der Waals surface area contributed by atoms with Crippen molar-refractivity contribution >= 4 is 17.8 Å². The Hall–Kier alpha value is -1.59. The summed E-state index contributed by atoms with van der Waals surface area (Å²) in [7, 11) is 0. The van der Waals surface area contributed by atoms with Crippen LogP contribution in [0.2, 0.25) is 0 Å². The van der Waals surface area contributed by atoms with Gasteiger partial charge in [-0.25, -0.2) is 0 Å². The molecular formula is C37H71NO5. The number of amides is 1. The highest BCUT2D eigenvalue weighted by Crippen LogP contribution is 2.18. The van der Waals surface area contributed by atoms with Gasteiger partial charge in [-0.05, 0) is 38.5 Å². The van der Waals surface area contributed by atoms with Gasteiger partial charge >= 0.3 is 11.9 Å². The van der Waals surface area contributed by atoms with Crippen LogP contribution < -0.4 is 5.32 Å². The lowest BCUT2D eigenvalue weighted by Gasteiger charge is -2.18. The lowest BCUT2D eigenvalue weighted by molar-refractivity contribution is -0.150. The molecule has 6 heteroatoms. The summed E-state index contributed by atoms with van der Waals surface area (Å²) in [6, 6.07) is 0. The van der Waals surface area contributed by atoms with Gasteiger partial charge in [0.1, 0.15) is 12.6 Å². The van der Waals surface area contributed by atoms with Crippen molar-refractivity contribution in [1.29, 1.82) is 0 Å². The fraction of sp³-hybridized carbons (Fsp3) is 0.919. The molecule has 0 spiro atoms. The minimum absolute atomic E-state index is 0.0227. The van der Waals surface area contributed by atoms with Gasteiger partial charge in [0.05, 0.1) is 0 Å². The fourth-order valence-electron chi connectivity index (χ4n) is 5.75. The number of carboxylic acids is 1. The van der Waals surface area contributed by atoms with Gasteiger partial charge in [0.15, 0.2) is 0 Å². The van der Waals surface area contributed by atoms with E-state index in [1.54, 1.807) is 0 Å². The Morgan fingerprint density at radius 3 is 1.28 bits per heavy atom. The lowest BCUT2D eigenvalue weighted by Crippen LogP contribution is -2.28. The lowest BCUT2D eigenvalue weighted by atomic mass is 10.0. The molecule has 0 aromatic rings. The largest absolute Gasteiger partial charge is 0.480 e. The number of carbonyl (C=O) groups excluding carboxylic acids is 2. The number of esters is 1. The third-order valence-electron chi connectivity index (χ3n) is 8.53. The van der Waals surface area contributed by atoms with Crippen molar-refractivity contribution in [3.63, 3.8) is 0 Å². The molecule has 0 radical (unpaired) electrons. The van der Waals surface area contributed by atoms with Crippen molar-refractivity contribution in [2.45, 2.75) is 213 Å². The SMILES string of the molecule is CCCCCCCCCCCCCCCCCCCCCC(=O)OC(CCCCCC)CCCCCC(=O)NCC(=O)O. The molecule has 0 aromatic carbocycles. The molecule has 0 aliphatic rings. The molecule has 0 saturated carbocycles. The summed E-state index contributed by atoms with van der Waals surface area (Å²) < 4.78 is 5.88. The normalized spacial score (nSPS) is 11.9. The standard InChI is InChI=1S/C37H71NO5/c1-3-5-7-9-10-11-12-13-14-15-16-17-18-19-20-21-22-23-28-32-37(42)43-34(29-25-8-6-4-2)30-26-24-27-31-35(39)38-33-36(40)41/h34H,3-33H2,1-2H3,(H,38,39)(H,40,41). The number of carboxylic acid groups (broad SMARTS) is 1. The first-order valence-electron chi connectivity index (χ1n) is 18.7. The number of aliphatic carboxylic acids is 1. The quantitative estimate of drug-likeness (QED) is 0.0559. The third kappa shape index (κ3) is 33.1. The Morgan fingerprint density at radius 1 is 0.512 bits per heavy atom. The summed E-state index contributed by atoms with van der Waals surface area (Å²) in [5, 5.41) is 11.0. The van der Waals surface area contributed by atoms with E-state index >= 15 is 0 Å². The second kappa shape index (κ2) is 33.3. The summed E-state index contributed by atoms with van der Waals surface area (Å²) in [5.41, 5.74) is 0. The summed E-state index contributed by atoms with van der Waals surface area (Å²) in [6.07, 6.45) is 35.4. The van der Waals surface area contributed by atoms with Crippen LogP contribution in [-0.2, 0) is 19.1 Å². The Labute approximate surface area is 266 Å². The number of unbranched alkanes of at least 4 members (excludes halogenated alkanes) is 23. The first-order valence-corrected chi connectivity index (χ1v) is 18.7. The predicted molar refractivity (Wildman–Crippen MR) is 180 cm³/mol. The molecule has 0 rings (SSSR count). The molecule has 0 saturated heterocycles. The zero-order valence-electron chi connectivity index (χ0n) is 28.6. The van der Waals surface area contributed by atoms with E-state index in [0.717, 1.165) is 51.4 Å². The Morgan fingerprint density at radius 2 is 0.860 bits per heavy atom. The van der Waals surface area contributed by atoms with E-state index in [0.29, 0.717) is 12.8 Å². The third-order valence-corrected chi connectivity index (χ3v) is 8.53. The summed E-state index contributed by atoms with van der Waals surface area (Å²) in [6.45, 7) is 4.16. The van der Waals surface area contributed by atoms with Crippen LogP contribution in [0.1, 0.15) is 206 Å². The number of nitrogens with one attached hydrogen (secondary N) is 1. The number of ether oxygens (including phenoxy) is 1. The summed E-state index contributed by atoms with van der Waals surface area (Å²) >= 11 is 0. The molecule has 0 aliphatic heterocycles. The van der Waals surface area contributed by atoms with Crippen molar-refractivity contribution in [3.8, 4) is 0 Å². The van der Waals surface area contributed by atoms with Gasteiger partial charge in [0.2, 0.25) is 5.91 Å². The highest BCUT2D eigenvalue weighted by molar-refractivity contribution is 5.80. The number of rotatable bonds is 34. The summed E-state index contributed by atoms with van der Waals surface area (Å²) in [4.78, 5) is 34.7. The van der Waals surface area contributed by atoms with Crippen LogP contribution in [-0.4, -0.2) is 35.6 Å². The van der Waals surface area contributed by atoms with Crippen LogP contribution in [0.4, 0.5) is 0 Å². The molecule has 1 unspecified atom stereocenters. The summed E-state index contributed by atoms with van der Waals surface area (Å²) in [5.74, 6) is -1.30. The molecule has 2 N–H and O–H groups in total. The number of hydrogen-bond acceptors (Lipinski definition) is 4. The average Bonchev–Trinajstić information content (AvgIpc) is 2.99. The molecular weight excluding hydrogens is 538 g/mol. The van der Waals surface area contributed by atoms with Crippen LogP contribution in [0.3, 0.4) is 0 Å². The van der Waals surface area contributed by atoms with Crippen LogP contribution in [0.15, 0.2) is 0 Å². The van der Waals surface area contributed by atoms with E-state index in [-0.39, 0.29) is 24.5 Å². The van der Waals surface area contributed by atoms with E-state index in [1.165, 1.54) is 128 Å². The van der Waals surface area contributed by atoms with Crippen molar-refractivity contribution in [2.75, 3.05) is 6.54 Å². The van der Waals surface area contributed by atoms with E-state index in [2.05, 4.69) is 19.2 Å². The van der Waals surface area contributed by atoms with Gasteiger partial charge in [-0.1, -0.05) is 155 Å². The number of hydrogen-bond donors (Lipinski definition) is 2. The van der Waals surface area contributed by atoms with Gasteiger partial charge < -0.3 is 15.2 Å². The maximum Gasteiger partial charge on any atom is 0.322 e. The highest BCUT2D eigenvalue weighted by Gasteiger charge is 2.14.